The van der Waals surface area contributed by atoms with Gasteiger partial charge < -0.3 is 14.5 Å². The summed E-state index contributed by atoms with van der Waals surface area (Å²) < 4.78 is 49.6. The van der Waals surface area contributed by atoms with Gasteiger partial charge in [0.1, 0.15) is 22.6 Å². The van der Waals surface area contributed by atoms with Gasteiger partial charge >= 0.3 is 0 Å². The third kappa shape index (κ3) is 4.23. The van der Waals surface area contributed by atoms with Crippen molar-refractivity contribution >= 4 is 15.7 Å². The molecule has 0 radical (unpaired) electrons. The van der Waals surface area contributed by atoms with E-state index in [0.29, 0.717) is 5.75 Å². The molecule has 1 atom stereocenters. The summed E-state index contributed by atoms with van der Waals surface area (Å²) in [6.07, 6.45) is 1.37. The first-order valence-corrected chi connectivity index (χ1v) is 9.91. The Morgan fingerprint density at radius 2 is 1.79 bits per heavy atom. The Bertz CT molecular complexity index is 1030. The van der Waals surface area contributed by atoms with Gasteiger partial charge in [-0.2, -0.15) is 0 Å². The van der Waals surface area contributed by atoms with Gasteiger partial charge in [0.25, 0.3) is 5.91 Å². The van der Waals surface area contributed by atoms with Crippen LogP contribution in [0.4, 0.5) is 4.39 Å². The molecule has 0 aliphatic heterocycles. The molecule has 28 heavy (non-hydrogen) atoms. The highest BCUT2D eigenvalue weighted by atomic mass is 32.2. The van der Waals surface area contributed by atoms with Crippen LogP contribution in [0.15, 0.2) is 76.2 Å². The fourth-order valence-electron chi connectivity index (χ4n) is 2.66. The first-order chi connectivity index (χ1) is 13.4. The Labute approximate surface area is 161 Å². The molecular weight excluding hydrogens is 385 g/mol. The molecule has 0 unspecified atom stereocenters. The van der Waals surface area contributed by atoms with Crippen molar-refractivity contribution < 1.29 is 26.8 Å². The fraction of sp³-hybridized carbons (Fsp3) is 0.150. The first kappa shape index (κ1) is 19.6. The molecule has 1 N–H and O–H groups in total. The number of amides is 1. The predicted molar refractivity (Wildman–Crippen MR) is 100 cm³/mol. The molecule has 1 amide bonds. The van der Waals surface area contributed by atoms with E-state index in [9.17, 15) is 17.6 Å². The Morgan fingerprint density at radius 1 is 1.11 bits per heavy atom. The highest BCUT2D eigenvalue weighted by molar-refractivity contribution is 7.91. The minimum absolute atomic E-state index is 0.0748. The van der Waals surface area contributed by atoms with E-state index in [1.165, 1.54) is 43.7 Å². The molecule has 3 aromatic rings. The summed E-state index contributed by atoms with van der Waals surface area (Å²) in [5, 5.41) is 1.46. The van der Waals surface area contributed by atoms with Crippen LogP contribution in [0.3, 0.4) is 0 Å². The quantitative estimate of drug-likeness (QED) is 0.654. The molecule has 0 saturated heterocycles. The van der Waals surface area contributed by atoms with E-state index in [2.05, 4.69) is 5.32 Å². The normalized spacial score (nSPS) is 12.4. The molecule has 3 rings (SSSR count). The Morgan fingerprint density at radius 3 is 2.36 bits per heavy atom. The number of carbonyl (C=O) groups is 1. The number of hydrogen-bond donors (Lipinski definition) is 1. The molecule has 1 aromatic heterocycles. The van der Waals surface area contributed by atoms with Crippen LogP contribution in [-0.2, 0) is 9.84 Å². The van der Waals surface area contributed by atoms with Crippen LogP contribution in [-0.4, -0.2) is 28.0 Å². The molecule has 146 valence electrons. The van der Waals surface area contributed by atoms with Gasteiger partial charge in [-0.15, -0.1) is 0 Å². The molecule has 8 heteroatoms. The molecule has 0 bridgehead atoms. The number of hydrogen-bond acceptors (Lipinski definition) is 5. The van der Waals surface area contributed by atoms with Crippen molar-refractivity contribution in [1.29, 1.82) is 0 Å². The second-order valence-electron chi connectivity index (χ2n) is 5.94. The lowest BCUT2D eigenvalue weighted by atomic mass is 10.2. The highest BCUT2D eigenvalue weighted by Gasteiger charge is 2.32. The molecule has 0 aliphatic rings. The van der Waals surface area contributed by atoms with Gasteiger partial charge in [-0.1, -0.05) is 0 Å². The van der Waals surface area contributed by atoms with Crippen molar-refractivity contribution in [2.24, 2.45) is 0 Å². The van der Waals surface area contributed by atoms with Crippen molar-refractivity contribution in [3.05, 3.63) is 84.1 Å². The van der Waals surface area contributed by atoms with Crippen LogP contribution in [0.25, 0.3) is 0 Å². The maximum absolute atomic E-state index is 13.1. The van der Waals surface area contributed by atoms with Crippen molar-refractivity contribution in [3.8, 4) is 5.75 Å². The van der Waals surface area contributed by atoms with Gasteiger partial charge in [0.15, 0.2) is 9.84 Å². The minimum Gasteiger partial charge on any atom is -0.497 e. The molecule has 0 aliphatic carbocycles. The molecule has 2 aromatic carbocycles. The maximum atomic E-state index is 13.1. The summed E-state index contributed by atoms with van der Waals surface area (Å²) in [5.74, 6) is -0.248. The van der Waals surface area contributed by atoms with Crippen LogP contribution in [0.2, 0.25) is 0 Å². The van der Waals surface area contributed by atoms with Gasteiger partial charge in [-0.25, -0.2) is 12.8 Å². The topological polar surface area (TPSA) is 85.6 Å². The lowest BCUT2D eigenvalue weighted by molar-refractivity contribution is 0.0953. The largest absolute Gasteiger partial charge is 0.497 e. The molecular formula is C20H18FNO5S. The number of ether oxygens (including phenoxy) is 1. The molecule has 1 heterocycles. The molecule has 6 nitrogen and oxygen atoms in total. The van der Waals surface area contributed by atoms with E-state index in [1.807, 2.05) is 0 Å². The van der Waals surface area contributed by atoms with Crippen molar-refractivity contribution in [2.75, 3.05) is 13.7 Å². The summed E-state index contributed by atoms with van der Waals surface area (Å²) in [4.78, 5) is 12.4. The second kappa shape index (κ2) is 8.26. The molecule has 0 spiro atoms. The Balaban J connectivity index is 1.85. The average molecular weight is 403 g/mol. The zero-order valence-electron chi connectivity index (χ0n) is 15.0. The van der Waals surface area contributed by atoms with Gasteiger partial charge in [0.05, 0.1) is 18.3 Å². The van der Waals surface area contributed by atoms with Crippen molar-refractivity contribution in [1.82, 2.24) is 5.32 Å². The van der Waals surface area contributed by atoms with Crippen LogP contribution in [0.5, 0.6) is 5.75 Å². The zero-order valence-corrected chi connectivity index (χ0v) is 15.8. The Hall–Kier alpha value is -3.13. The summed E-state index contributed by atoms with van der Waals surface area (Å²) in [6.45, 7) is -0.210. The van der Waals surface area contributed by atoms with Gasteiger partial charge in [-0.05, 0) is 60.7 Å². The minimum atomic E-state index is -3.86. The third-order valence-electron chi connectivity index (χ3n) is 4.18. The van der Waals surface area contributed by atoms with E-state index >= 15 is 0 Å². The van der Waals surface area contributed by atoms with E-state index in [1.54, 1.807) is 18.2 Å². The number of halogens is 1. The van der Waals surface area contributed by atoms with Crippen LogP contribution in [0.1, 0.15) is 21.4 Å². The van der Waals surface area contributed by atoms with Crippen LogP contribution in [0, 0.1) is 5.82 Å². The van der Waals surface area contributed by atoms with Gasteiger partial charge in [-0.3, -0.25) is 4.79 Å². The standard InChI is InChI=1S/C20H18FNO5S/c1-26-16-8-10-17(11-9-16)28(24,25)19(18-3-2-12-27-18)13-22-20(23)14-4-6-15(21)7-5-14/h2-12,19H,13H2,1H3,(H,22,23)/t19-/m0/s1. The number of sulfone groups is 1. The number of benzene rings is 2. The number of furan rings is 1. The van der Waals surface area contributed by atoms with E-state index in [0.717, 1.165) is 12.1 Å². The average Bonchev–Trinajstić information content (AvgIpc) is 3.22. The van der Waals surface area contributed by atoms with E-state index in [-0.39, 0.29) is 22.8 Å². The third-order valence-corrected chi connectivity index (χ3v) is 6.25. The predicted octanol–water partition coefficient (Wildman–Crippen LogP) is 3.37. The summed E-state index contributed by atoms with van der Waals surface area (Å²) >= 11 is 0. The number of rotatable bonds is 7. The SMILES string of the molecule is COc1ccc(S(=O)(=O)[C@@H](CNC(=O)c2ccc(F)cc2)c2ccco2)cc1. The van der Waals surface area contributed by atoms with Gasteiger partial charge in [0.2, 0.25) is 0 Å². The lowest BCUT2D eigenvalue weighted by Crippen LogP contribution is -2.31. The van der Waals surface area contributed by atoms with Gasteiger partial charge in [0, 0.05) is 12.1 Å². The summed E-state index contributed by atoms with van der Waals surface area (Å²) in [7, 11) is -2.37. The zero-order chi connectivity index (χ0) is 20.1. The summed E-state index contributed by atoms with van der Waals surface area (Å²) in [6, 6.07) is 14.0. The van der Waals surface area contributed by atoms with Crippen LogP contribution < -0.4 is 10.1 Å². The number of nitrogens with one attached hydrogen (secondary N) is 1. The van der Waals surface area contributed by atoms with E-state index < -0.39 is 26.8 Å². The monoisotopic (exact) mass is 403 g/mol. The lowest BCUT2D eigenvalue weighted by Gasteiger charge is -2.17. The van der Waals surface area contributed by atoms with Crippen molar-refractivity contribution in [2.45, 2.75) is 10.1 Å². The summed E-state index contributed by atoms with van der Waals surface area (Å²) in [5.41, 5.74) is 0.224. The smallest absolute Gasteiger partial charge is 0.251 e. The fourth-order valence-corrected chi connectivity index (χ4v) is 4.24. The Kier molecular flexibility index (Phi) is 5.79. The first-order valence-electron chi connectivity index (χ1n) is 8.37. The maximum Gasteiger partial charge on any atom is 0.251 e. The van der Waals surface area contributed by atoms with Crippen LogP contribution >= 0.6 is 0 Å². The highest BCUT2D eigenvalue weighted by Crippen LogP contribution is 2.30. The van der Waals surface area contributed by atoms with Crippen molar-refractivity contribution in [3.63, 3.8) is 0 Å². The van der Waals surface area contributed by atoms with E-state index in [4.69, 9.17) is 9.15 Å². The second-order valence-corrected chi connectivity index (χ2v) is 8.07. The molecule has 0 fully saturated rings. The molecule has 0 saturated carbocycles. The number of carbonyl (C=O) groups excluding carboxylic acids is 1. The number of methoxy groups -OCH3 is 1.